The highest BCUT2D eigenvalue weighted by Crippen LogP contribution is 2.48. The standard InChI is InChI=1S/C22H16F3N5O/c23-17-7-3-14(4-8-17)13-1-5-16(6-2-13)22(9-10-22)28-21-26-11-15(12-27-21)19-29-30-20(31-19)18(24)25/h1-8,11-12,18H,9-10H2,(H,26,27,28). The van der Waals surface area contributed by atoms with Crippen LogP contribution in [0.15, 0.2) is 65.3 Å². The quantitative estimate of drug-likeness (QED) is 0.449. The summed E-state index contributed by atoms with van der Waals surface area (Å²) in [5, 5.41) is 10.2. The number of nitrogens with zero attached hydrogens (tertiary/aromatic N) is 4. The Labute approximate surface area is 175 Å². The van der Waals surface area contributed by atoms with Gasteiger partial charge in [0.15, 0.2) is 0 Å². The van der Waals surface area contributed by atoms with Crippen LogP contribution in [0.3, 0.4) is 0 Å². The van der Waals surface area contributed by atoms with Crippen molar-refractivity contribution in [1.82, 2.24) is 20.2 Å². The molecule has 2 aromatic heterocycles. The maximum Gasteiger partial charge on any atom is 0.314 e. The van der Waals surface area contributed by atoms with Crippen molar-refractivity contribution in [2.45, 2.75) is 24.8 Å². The van der Waals surface area contributed by atoms with E-state index in [1.807, 2.05) is 24.3 Å². The Morgan fingerprint density at radius 2 is 1.45 bits per heavy atom. The zero-order chi connectivity index (χ0) is 21.4. The Morgan fingerprint density at radius 1 is 0.839 bits per heavy atom. The molecule has 0 atom stereocenters. The van der Waals surface area contributed by atoms with E-state index >= 15 is 0 Å². The second-order valence-corrected chi connectivity index (χ2v) is 7.33. The minimum atomic E-state index is -2.83. The smallest absolute Gasteiger partial charge is 0.314 e. The van der Waals surface area contributed by atoms with E-state index in [1.54, 1.807) is 12.1 Å². The molecular weight excluding hydrogens is 407 g/mol. The maximum atomic E-state index is 13.1. The average Bonchev–Trinajstić information content (AvgIpc) is 3.39. The molecule has 0 aliphatic heterocycles. The number of benzene rings is 2. The van der Waals surface area contributed by atoms with Gasteiger partial charge in [0.2, 0.25) is 5.95 Å². The van der Waals surface area contributed by atoms with E-state index in [9.17, 15) is 13.2 Å². The zero-order valence-corrected chi connectivity index (χ0v) is 16.1. The third-order valence-electron chi connectivity index (χ3n) is 5.24. The van der Waals surface area contributed by atoms with Gasteiger partial charge in [-0.3, -0.25) is 0 Å². The van der Waals surface area contributed by atoms with E-state index in [4.69, 9.17) is 4.42 Å². The van der Waals surface area contributed by atoms with Crippen molar-refractivity contribution in [2.24, 2.45) is 0 Å². The molecule has 0 bridgehead atoms. The molecule has 5 rings (SSSR count). The first-order valence-electron chi connectivity index (χ1n) is 9.61. The Bertz CT molecular complexity index is 1190. The van der Waals surface area contributed by atoms with Crippen molar-refractivity contribution >= 4 is 5.95 Å². The van der Waals surface area contributed by atoms with Gasteiger partial charge in [-0.05, 0) is 41.7 Å². The second kappa shape index (κ2) is 7.50. The fourth-order valence-corrected chi connectivity index (χ4v) is 3.39. The molecule has 1 aliphatic carbocycles. The summed E-state index contributed by atoms with van der Waals surface area (Å²) in [4.78, 5) is 8.52. The van der Waals surface area contributed by atoms with Crippen LogP contribution in [-0.2, 0) is 5.54 Å². The number of rotatable bonds is 6. The molecule has 1 fully saturated rings. The molecule has 6 nitrogen and oxygen atoms in total. The van der Waals surface area contributed by atoms with Crippen LogP contribution in [0.4, 0.5) is 19.1 Å². The third kappa shape index (κ3) is 3.86. The molecule has 2 aromatic carbocycles. The first kappa shape index (κ1) is 19.2. The molecule has 0 saturated heterocycles. The number of nitrogens with one attached hydrogen (secondary N) is 1. The van der Waals surface area contributed by atoms with Crippen LogP contribution in [-0.4, -0.2) is 20.2 Å². The summed E-state index contributed by atoms with van der Waals surface area (Å²) < 4.78 is 43.2. The normalized spacial score (nSPS) is 14.6. The summed E-state index contributed by atoms with van der Waals surface area (Å²) in [6, 6.07) is 14.5. The van der Waals surface area contributed by atoms with Crippen LogP contribution in [0.25, 0.3) is 22.6 Å². The van der Waals surface area contributed by atoms with Crippen LogP contribution < -0.4 is 5.32 Å². The second-order valence-electron chi connectivity index (χ2n) is 7.33. The summed E-state index contributed by atoms with van der Waals surface area (Å²) in [6.45, 7) is 0. The predicted molar refractivity (Wildman–Crippen MR) is 107 cm³/mol. The van der Waals surface area contributed by atoms with E-state index < -0.39 is 12.3 Å². The largest absolute Gasteiger partial charge is 0.415 e. The molecular formula is C22H16F3N5O. The molecule has 9 heteroatoms. The van der Waals surface area contributed by atoms with E-state index in [0.717, 1.165) is 29.5 Å². The Morgan fingerprint density at radius 3 is 2.00 bits per heavy atom. The lowest BCUT2D eigenvalue weighted by atomic mass is 9.99. The highest BCUT2D eigenvalue weighted by atomic mass is 19.3. The summed E-state index contributed by atoms with van der Waals surface area (Å²) in [5.74, 6) is -0.642. The summed E-state index contributed by atoms with van der Waals surface area (Å²) in [7, 11) is 0. The van der Waals surface area contributed by atoms with Crippen molar-refractivity contribution in [1.29, 1.82) is 0 Å². The van der Waals surface area contributed by atoms with Crippen LogP contribution in [0.2, 0.25) is 0 Å². The lowest BCUT2D eigenvalue weighted by Crippen LogP contribution is -2.20. The van der Waals surface area contributed by atoms with Crippen LogP contribution in [0, 0.1) is 5.82 Å². The number of alkyl halides is 2. The fourth-order valence-electron chi connectivity index (χ4n) is 3.39. The van der Waals surface area contributed by atoms with Gasteiger partial charge in [0.05, 0.1) is 11.1 Å². The zero-order valence-electron chi connectivity index (χ0n) is 16.1. The van der Waals surface area contributed by atoms with Crippen molar-refractivity contribution < 1.29 is 17.6 Å². The molecule has 1 N–H and O–H groups in total. The number of hydrogen-bond donors (Lipinski definition) is 1. The predicted octanol–water partition coefficient (Wildman–Crippen LogP) is 5.37. The average molecular weight is 423 g/mol. The van der Waals surface area contributed by atoms with E-state index in [2.05, 4.69) is 25.5 Å². The van der Waals surface area contributed by atoms with Gasteiger partial charge < -0.3 is 9.73 Å². The van der Waals surface area contributed by atoms with Crippen molar-refractivity contribution in [3.63, 3.8) is 0 Å². The van der Waals surface area contributed by atoms with Gasteiger partial charge in [0.25, 0.3) is 11.8 Å². The molecule has 0 spiro atoms. The van der Waals surface area contributed by atoms with Gasteiger partial charge >= 0.3 is 6.43 Å². The van der Waals surface area contributed by atoms with Gasteiger partial charge in [0, 0.05) is 12.4 Å². The van der Waals surface area contributed by atoms with Gasteiger partial charge in [-0.25, -0.2) is 14.4 Å². The molecule has 1 saturated carbocycles. The highest BCUT2D eigenvalue weighted by molar-refractivity contribution is 5.64. The SMILES string of the molecule is Fc1ccc(-c2ccc(C3(Nc4ncc(-c5nnc(C(F)F)o5)cn4)CC3)cc2)cc1. The van der Waals surface area contributed by atoms with E-state index in [1.165, 1.54) is 24.5 Å². The molecule has 1 aliphatic rings. The monoisotopic (exact) mass is 423 g/mol. The van der Waals surface area contributed by atoms with Crippen LogP contribution >= 0.6 is 0 Å². The van der Waals surface area contributed by atoms with E-state index in [0.29, 0.717) is 11.5 Å². The third-order valence-corrected chi connectivity index (χ3v) is 5.24. The summed E-state index contributed by atoms with van der Waals surface area (Å²) >= 11 is 0. The van der Waals surface area contributed by atoms with Crippen LogP contribution in [0.5, 0.6) is 0 Å². The van der Waals surface area contributed by atoms with Crippen molar-refractivity contribution in [3.8, 4) is 22.6 Å². The molecule has 0 unspecified atom stereocenters. The molecule has 0 amide bonds. The Kier molecular flexibility index (Phi) is 4.65. The van der Waals surface area contributed by atoms with E-state index in [-0.39, 0.29) is 17.2 Å². The number of anilines is 1. The summed E-state index contributed by atoms with van der Waals surface area (Å²) in [6.07, 6.45) is 1.93. The molecule has 0 radical (unpaired) electrons. The molecule has 156 valence electrons. The van der Waals surface area contributed by atoms with Gasteiger partial charge in [-0.1, -0.05) is 36.4 Å². The first-order valence-corrected chi connectivity index (χ1v) is 9.61. The lowest BCUT2D eigenvalue weighted by molar-refractivity contribution is 0.116. The number of halogens is 3. The van der Waals surface area contributed by atoms with Crippen LogP contribution in [0.1, 0.15) is 30.7 Å². The van der Waals surface area contributed by atoms with Crippen molar-refractivity contribution in [3.05, 3.63) is 78.2 Å². The fraction of sp³-hybridized carbons (Fsp3) is 0.182. The number of hydrogen-bond acceptors (Lipinski definition) is 6. The highest BCUT2D eigenvalue weighted by Gasteiger charge is 2.45. The van der Waals surface area contributed by atoms with Crippen molar-refractivity contribution in [2.75, 3.05) is 5.32 Å². The Balaban J connectivity index is 1.31. The number of aromatic nitrogens is 4. The van der Waals surface area contributed by atoms with Gasteiger partial charge in [-0.15, -0.1) is 10.2 Å². The summed E-state index contributed by atoms with van der Waals surface area (Å²) in [5.41, 5.74) is 3.16. The lowest BCUT2D eigenvalue weighted by Gasteiger charge is -2.18. The van der Waals surface area contributed by atoms with Gasteiger partial charge in [0.1, 0.15) is 5.82 Å². The maximum absolute atomic E-state index is 13.1. The topological polar surface area (TPSA) is 76.7 Å². The first-order chi connectivity index (χ1) is 15.0. The minimum Gasteiger partial charge on any atom is -0.415 e. The Hall–Kier alpha value is -3.75. The molecule has 4 aromatic rings. The van der Waals surface area contributed by atoms with Gasteiger partial charge in [-0.2, -0.15) is 8.78 Å². The molecule has 31 heavy (non-hydrogen) atoms. The minimum absolute atomic E-state index is 0.0561. The molecule has 2 heterocycles.